The molecule has 0 aliphatic heterocycles. The molecule has 0 bridgehead atoms. The maximum Gasteiger partial charge on any atom is 0.305 e. The average molecular weight is 366 g/mol. The minimum absolute atomic E-state index is 0.0800. The highest BCUT2D eigenvalue weighted by Gasteiger charge is 2.65. The second-order valence-electron chi connectivity index (χ2n) is 4.94. The van der Waals surface area contributed by atoms with Crippen LogP contribution in [-0.2, 0) is 23.8 Å². The quantitative estimate of drug-likeness (QED) is 0.222. The van der Waals surface area contributed by atoms with E-state index in [0.29, 0.717) is 13.0 Å². The molecule has 0 aromatic heterocycles. The van der Waals surface area contributed by atoms with Crippen LogP contribution < -0.4 is 5.32 Å². The molecule has 0 amide bonds. The van der Waals surface area contributed by atoms with Crippen molar-refractivity contribution in [2.75, 3.05) is 27.9 Å². The second kappa shape index (κ2) is 8.15. The van der Waals surface area contributed by atoms with Crippen LogP contribution in [0.15, 0.2) is 23.4 Å². The van der Waals surface area contributed by atoms with Crippen molar-refractivity contribution in [2.24, 2.45) is 0 Å². The van der Waals surface area contributed by atoms with E-state index < -0.39 is 16.4 Å². The SMILES string of the molecule is C=CCC1(Cl)C(=O)C(Cl)=C(NCCCC(=O)OC)C1(OC)OC. The Labute approximate surface area is 145 Å². The topological polar surface area (TPSA) is 73.9 Å². The summed E-state index contributed by atoms with van der Waals surface area (Å²) in [5.41, 5.74) is 0.246. The number of hydrogen-bond donors (Lipinski definition) is 1. The van der Waals surface area contributed by atoms with Gasteiger partial charge in [-0.1, -0.05) is 17.7 Å². The van der Waals surface area contributed by atoms with Crippen molar-refractivity contribution in [3.63, 3.8) is 0 Å². The van der Waals surface area contributed by atoms with E-state index in [1.807, 2.05) is 0 Å². The van der Waals surface area contributed by atoms with Crippen molar-refractivity contribution in [2.45, 2.75) is 29.9 Å². The number of esters is 1. The number of nitrogens with one attached hydrogen (secondary N) is 1. The Morgan fingerprint density at radius 2 is 1.96 bits per heavy atom. The highest BCUT2D eigenvalue weighted by atomic mass is 35.5. The Kier molecular flexibility index (Phi) is 7.07. The molecule has 0 fully saturated rings. The molecule has 0 heterocycles. The summed E-state index contributed by atoms with van der Waals surface area (Å²) in [6.45, 7) is 3.98. The zero-order chi connectivity index (χ0) is 17.7. The third kappa shape index (κ3) is 3.40. The first-order chi connectivity index (χ1) is 10.8. The van der Waals surface area contributed by atoms with Gasteiger partial charge >= 0.3 is 5.97 Å². The Bertz CT molecular complexity index is 516. The summed E-state index contributed by atoms with van der Waals surface area (Å²) in [5, 5.41) is 2.92. The number of hydrogen-bond acceptors (Lipinski definition) is 6. The predicted molar refractivity (Wildman–Crippen MR) is 87.3 cm³/mol. The van der Waals surface area contributed by atoms with E-state index in [9.17, 15) is 9.59 Å². The molecule has 0 saturated heterocycles. The fraction of sp³-hybridized carbons (Fsp3) is 0.600. The van der Waals surface area contributed by atoms with Crippen LogP contribution in [-0.4, -0.2) is 50.3 Å². The molecule has 0 aromatic rings. The largest absolute Gasteiger partial charge is 0.469 e. The summed E-state index contributed by atoms with van der Waals surface area (Å²) >= 11 is 12.7. The lowest BCUT2D eigenvalue weighted by atomic mass is 9.93. The number of ketones is 1. The maximum atomic E-state index is 12.5. The van der Waals surface area contributed by atoms with Crippen molar-refractivity contribution >= 4 is 35.0 Å². The van der Waals surface area contributed by atoms with Crippen LogP contribution in [0.3, 0.4) is 0 Å². The van der Waals surface area contributed by atoms with Crippen molar-refractivity contribution in [3.05, 3.63) is 23.4 Å². The summed E-state index contributed by atoms with van der Waals surface area (Å²) in [7, 11) is 4.08. The molecule has 1 rings (SSSR count). The van der Waals surface area contributed by atoms with Crippen LogP contribution in [0.1, 0.15) is 19.3 Å². The summed E-state index contributed by atoms with van der Waals surface area (Å²) < 4.78 is 15.5. The molecule has 6 nitrogen and oxygen atoms in total. The first-order valence-corrected chi connectivity index (χ1v) is 7.76. The molecule has 1 unspecified atom stereocenters. The van der Waals surface area contributed by atoms with Gasteiger partial charge in [0.25, 0.3) is 0 Å². The van der Waals surface area contributed by atoms with Gasteiger partial charge in [0.05, 0.1) is 12.8 Å². The van der Waals surface area contributed by atoms with Crippen LogP contribution in [0.2, 0.25) is 0 Å². The van der Waals surface area contributed by atoms with Gasteiger partial charge in [-0.3, -0.25) is 9.59 Å². The Morgan fingerprint density at radius 1 is 1.35 bits per heavy atom. The van der Waals surface area contributed by atoms with Crippen LogP contribution >= 0.6 is 23.2 Å². The van der Waals surface area contributed by atoms with E-state index in [0.717, 1.165) is 0 Å². The number of rotatable bonds is 9. The van der Waals surface area contributed by atoms with Gasteiger partial charge in [-0.15, -0.1) is 18.2 Å². The van der Waals surface area contributed by atoms with Crippen LogP contribution in [0.25, 0.3) is 0 Å². The molecule has 1 atom stereocenters. The van der Waals surface area contributed by atoms with Gasteiger partial charge in [-0.25, -0.2) is 0 Å². The van der Waals surface area contributed by atoms with Gasteiger partial charge in [0.1, 0.15) is 5.03 Å². The third-order valence-corrected chi connectivity index (χ3v) is 4.65. The number of Topliss-reactive ketones (excluding diaryl/α,β-unsaturated/α-hetero) is 1. The van der Waals surface area contributed by atoms with E-state index in [-0.39, 0.29) is 29.5 Å². The lowest BCUT2D eigenvalue weighted by Gasteiger charge is -2.39. The van der Waals surface area contributed by atoms with E-state index in [4.69, 9.17) is 32.7 Å². The number of methoxy groups -OCH3 is 3. The minimum atomic E-state index is -1.55. The summed E-state index contributed by atoms with van der Waals surface area (Å²) in [6, 6.07) is 0. The van der Waals surface area contributed by atoms with Crippen molar-refractivity contribution in [3.8, 4) is 0 Å². The molecule has 8 heteroatoms. The zero-order valence-electron chi connectivity index (χ0n) is 13.4. The van der Waals surface area contributed by atoms with Crippen LogP contribution in [0.4, 0.5) is 0 Å². The first kappa shape index (κ1) is 20.0. The Morgan fingerprint density at radius 3 is 2.43 bits per heavy atom. The van der Waals surface area contributed by atoms with Crippen molar-refractivity contribution < 1.29 is 23.8 Å². The number of halogens is 2. The normalized spacial score (nSPS) is 23.1. The molecular weight excluding hydrogens is 345 g/mol. The van der Waals surface area contributed by atoms with Gasteiger partial charge in [-0.2, -0.15) is 0 Å². The van der Waals surface area contributed by atoms with Gasteiger partial charge in [0.15, 0.2) is 4.87 Å². The van der Waals surface area contributed by atoms with Gasteiger partial charge in [-0.05, 0) is 12.8 Å². The molecule has 0 saturated carbocycles. The number of ether oxygens (including phenoxy) is 3. The lowest BCUT2D eigenvalue weighted by Crippen LogP contribution is -2.56. The molecule has 130 valence electrons. The standard InChI is InChI=1S/C15H21Cl2NO5/c1-5-8-14(17)13(20)11(16)12(15(14,22-3)23-4)18-9-6-7-10(19)21-2/h5,18H,1,6-9H2,2-4H3. The molecule has 0 aromatic carbocycles. The number of alkyl halides is 1. The van der Waals surface area contributed by atoms with E-state index >= 15 is 0 Å². The summed E-state index contributed by atoms with van der Waals surface area (Å²) in [6.07, 6.45) is 2.32. The highest BCUT2D eigenvalue weighted by Crippen LogP contribution is 2.50. The van der Waals surface area contributed by atoms with Gasteiger partial charge in [0, 0.05) is 27.2 Å². The molecular formula is C15H21Cl2NO5. The fourth-order valence-electron chi connectivity index (χ4n) is 2.56. The van der Waals surface area contributed by atoms with E-state index in [1.54, 1.807) is 0 Å². The predicted octanol–water partition coefficient (Wildman–Crippen LogP) is 2.11. The van der Waals surface area contributed by atoms with E-state index in [2.05, 4.69) is 16.6 Å². The highest BCUT2D eigenvalue weighted by molar-refractivity contribution is 6.53. The number of carbonyl (C=O) groups excluding carboxylic acids is 2. The molecule has 23 heavy (non-hydrogen) atoms. The van der Waals surface area contributed by atoms with Gasteiger partial charge < -0.3 is 19.5 Å². The van der Waals surface area contributed by atoms with Crippen molar-refractivity contribution in [1.82, 2.24) is 5.32 Å². The third-order valence-electron chi connectivity index (χ3n) is 3.72. The Balaban J connectivity index is 3.01. The van der Waals surface area contributed by atoms with Crippen molar-refractivity contribution in [1.29, 1.82) is 0 Å². The minimum Gasteiger partial charge on any atom is -0.469 e. The summed E-state index contributed by atoms with van der Waals surface area (Å²) in [4.78, 5) is 22.1. The molecule has 1 N–H and O–H groups in total. The Hall–Kier alpha value is -1.08. The monoisotopic (exact) mass is 365 g/mol. The summed E-state index contributed by atoms with van der Waals surface area (Å²) in [5.74, 6) is -2.38. The average Bonchev–Trinajstić information content (AvgIpc) is 2.70. The van der Waals surface area contributed by atoms with Gasteiger partial charge in [0.2, 0.25) is 11.6 Å². The second-order valence-corrected chi connectivity index (χ2v) is 5.97. The zero-order valence-corrected chi connectivity index (χ0v) is 14.9. The number of carbonyl (C=O) groups is 2. The lowest BCUT2D eigenvalue weighted by molar-refractivity contribution is -0.198. The first-order valence-electron chi connectivity index (χ1n) is 7.00. The van der Waals surface area contributed by atoms with Crippen LogP contribution in [0.5, 0.6) is 0 Å². The molecule has 1 aliphatic carbocycles. The molecule has 0 spiro atoms. The molecule has 1 aliphatic rings. The van der Waals surface area contributed by atoms with Crippen LogP contribution in [0, 0.1) is 0 Å². The van der Waals surface area contributed by atoms with E-state index in [1.165, 1.54) is 27.4 Å². The molecule has 0 radical (unpaired) electrons. The fourth-order valence-corrected chi connectivity index (χ4v) is 3.41. The number of allylic oxidation sites excluding steroid dienone is 2. The maximum absolute atomic E-state index is 12.5. The smallest absolute Gasteiger partial charge is 0.305 e.